The zero-order valence-corrected chi connectivity index (χ0v) is 17.6. The zero-order valence-electron chi connectivity index (χ0n) is 16.0. The SMILES string of the molecule is O[C@@H]1[C@@H](O)[C@H](c2ccc(Cl)c(Cc3ccc(-c4ccccc4)s3)c2)O[C@H](CF)[C@H]1O. The summed E-state index contributed by atoms with van der Waals surface area (Å²) >= 11 is 8.08. The van der Waals surface area contributed by atoms with Gasteiger partial charge in [-0.25, -0.2) is 4.39 Å². The maximum atomic E-state index is 13.2. The van der Waals surface area contributed by atoms with Gasteiger partial charge in [-0.15, -0.1) is 11.3 Å². The van der Waals surface area contributed by atoms with Gasteiger partial charge in [0.05, 0.1) is 0 Å². The quantitative estimate of drug-likeness (QED) is 0.548. The van der Waals surface area contributed by atoms with Crippen molar-refractivity contribution in [2.75, 3.05) is 6.67 Å². The van der Waals surface area contributed by atoms with Crippen LogP contribution in [0.4, 0.5) is 4.39 Å². The van der Waals surface area contributed by atoms with Crippen molar-refractivity contribution in [1.29, 1.82) is 0 Å². The van der Waals surface area contributed by atoms with Crippen molar-refractivity contribution in [2.45, 2.75) is 36.9 Å². The first kappa shape index (κ1) is 21.4. The summed E-state index contributed by atoms with van der Waals surface area (Å²) in [6, 6.07) is 19.4. The Labute approximate surface area is 183 Å². The number of alkyl halides is 1. The van der Waals surface area contributed by atoms with Gasteiger partial charge in [0.1, 0.15) is 37.2 Å². The van der Waals surface area contributed by atoms with Gasteiger partial charge in [-0.1, -0.05) is 54.1 Å². The van der Waals surface area contributed by atoms with Crippen molar-refractivity contribution in [1.82, 2.24) is 0 Å². The molecule has 0 saturated carbocycles. The van der Waals surface area contributed by atoms with E-state index >= 15 is 0 Å². The predicted octanol–water partition coefficient (Wildman–Crippen LogP) is 4.15. The van der Waals surface area contributed by atoms with Gasteiger partial charge < -0.3 is 20.1 Å². The molecule has 0 aliphatic carbocycles. The van der Waals surface area contributed by atoms with E-state index in [1.165, 1.54) is 0 Å². The van der Waals surface area contributed by atoms with Crippen LogP contribution in [0.1, 0.15) is 22.1 Å². The molecule has 5 atom stereocenters. The fourth-order valence-electron chi connectivity index (χ4n) is 3.68. The third-order valence-electron chi connectivity index (χ3n) is 5.35. The molecule has 0 unspecified atom stereocenters. The maximum absolute atomic E-state index is 13.2. The van der Waals surface area contributed by atoms with Crippen molar-refractivity contribution in [2.24, 2.45) is 0 Å². The molecule has 3 N–H and O–H groups in total. The number of aliphatic hydroxyl groups excluding tert-OH is 3. The van der Waals surface area contributed by atoms with E-state index in [1.54, 1.807) is 29.5 Å². The molecule has 7 heteroatoms. The van der Waals surface area contributed by atoms with Crippen LogP contribution in [-0.2, 0) is 11.2 Å². The Bertz CT molecular complexity index is 994. The number of hydrogen-bond acceptors (Lipinski definition) is 5. The lowest BCUT2D eigenvalue weighted by atomic mass is 9.90. The van der Waals surface area contributed by atoms with Gasteiger partial charge in [0, 0.05) is 21.2 Å². The second kappa shape index (κ2) is 9.14. The highest BCUT2D eigenvalue weighted by Crippen LogP contribution is 2.36. The molecule has 158 valence electrons. The van der Waals surface area contributed by atoms with E-state index in [1.807, 2.05) is 18.2 Å². The van der Waals surface area contributed by atoms with Crippen LogP contribution in [0.3, 0.4) is 0 Å². The first-order chi connectivity index (χ1) is 14.5. The number of benzene rings is 2. The highest BCUT2D eigenvalue weighted by Gasteiger charge is 2.44. The molecule has 1 aliphatic rings. The fourth-order valence-corrected chi connectivity index (χ4v) is 4.90. The molecule has 0 radical (unpaired) electrons. The second-order valence-corrected chi connectivity index (χ2v) is 8.96. The molecule has 0 amide bonds. The maximum Gasteiger partial charge on any atom is 0.118 e. The van der Waals surface area contributed by atoms with Gasteiger partial charge in [0.15, 0.2) is 0 Å². The Balaban J connectivity index is 1.57. The van der Waals surface area contributed by atoms with E-state index in [0.717, 1.165) is 20.9 Å². The minimum Gasteiger partial charge on any atom is -0.387 e. The van der Waals surface area contributed by atoms with Crippen LogP contribution in [0, 0.1) is 0 Å². The first-order valence-corrected chi connectivity index (χ1v) is 10.9. The van der Waals surface area contributed by atoms with Crippen molar-refractivity contribution in [3.63, 3.8) is 0 Å². The summed E-state index contributed by atoms with van der Waals surface area (Å²) in [7, 11) is 0. The number of halogens is 2. The van der Waals surface area contributed by atoms with E-state index in [-0.39, 0.29) is 0 Å². The summed E-state index contributed by atoms with van der Waals surface area (Å²) in [4.78, 5) is 2.28. The summed E-state index contributed by atoms with van der Waals surface area (Å²) in [6.07, 6.45) is -5.90. The summed E-state index contributed by atoms with van der Waals surface area (Å²) in [6.45, 7) is -0.959. The lowest BCUT2D eigenvalue weighted by Gasteiger charge is -2.40. The number of thiophene rings is 1. The molecule has 4 rings (SSSR count). The van der Waals surface area contributed by atoms with Crippen LogP contribution < -0.4 is 0 Å². The Morgan fingerprint density at radius 3 is 2.43 bits per heavy atom. The molecular weight excluding hydrogens is 427 g/mol. The van der Waals surface area contributed by atoms with Crippen molar-refractivity contribution in [3.8, 4) is 10.4 Å². The molecule has 1 fully saturated rings. The molecule has 30 heavy (non-hydrogen) atoms. The third-order valence-corrected chi connectivity index (χ3v) is 6.85. The zero-order chi connectivity index (χ0) is 21.3. The highest BCUT2D eigenvalue weighted by atomic mass is 35.5. The van der Waals surface area contributed by atoms with Crippen LogP contribution in [0.2, 0.25) is 5.02 Å². The minimum atomic E-state index is -1.49. The van der Waals surface area contributed by atoms with Crippen LogP contribution in [0.25, 0.3) is 10.4 Å². The molecule has 4 nitrogen and oxygen atoms in total. The van der Waals surface area contributed by atoms with E-state index in [0.29, 0.717) is 17.0 Å². The highest BCUT2D eigenvalue weighted by molar-refractivity contribution is 7.15. The summed E-state index contributed by atoms with van der Waals surface area (Å²) in [5.74, 6) is 0. The average molecular weight is 449 g/mol. The van der Waals surface area contributed by atoms with Gasteiger partial charge in [0.25, 0.3) is 0 Å². The molecular formula is C23H22ClFO4S. The molecule has 1 aromatic heterocycles. The van der Waals surface area contributed by atoms with Gasteiger partial charge in [-0.2, -0.15) is 0 Å². The number of hydrogen-bond donors (Lipinski definition) is 3. The monoisotopic (exact) mass is 448 g/mol. The largest absolute Gasteiger partial charge is 0.387 e. The van der Waals surface area contributed by atoms with Crippen LogP contribution in [0.5, 0.6) is 0 Å². The Kier molecular flexibility index (Phi) is 6.53. The molecule has 3 aromatic rings. The Morgan fingerprint density at radius 2 is 1.70 bits per heavy atom. The number of rotatable bonds is 5. The van der Waals surface area contributed by atoms with Crippen LogP contribution in [0.15, 0.2) is 60.7 Å². The standard InChI is InChI=1S/C23H22ClFO4S/c24-17-8-6-14(23-22(28)21(27)20(26)18(12-25)29-23)10-15(17)11-16-7-9-19(30-16)13-4-2-1-3-5-13/h1-10,18,20-23,26-28H,11-12H2/t18-,20-,21+,22-,23+/m1/s1. The first-order valence-electron chi connectivity index (χ1n) is 9.66. The summed E-state index contributed by atoms with van der Waals surface area (Å²) < 4.78 is 18.7. The Morgan fingerprint density at radius 1 is 0.933 bits per heavy atom. The smallest absolute Gasteiger partial charge is 0.118 e. The van der Waals surface area contributed by atoms with E-state index in [2.05, 4.69) is 24.3 Å². The van der Waals surface area contributed by atoms with E-state index in [9.17, 15) is 19.7 Å². The van der Waals surface area contributed by atoms with Crippen molar-refractivity contribution < 1.29 is 24.4 Å². The van der Waals surface area contributed by atoms with E-state index < -0.39 is 37.2 Å². The molecule has 1 saturated heterocycles. The predicted molar refractivity (Wildman–Crippen MR) is 116 cm³/mol. The third kappa shape index (κ3) is 4.30. The molecule has 2 heterocycles. The van der Waals surface area contributed by atoms with Gasteiger partial charge in [0.2, 0.25) is 0 Å². The molecule has 0 bridgehead atoms. The van der Waals surface area contributed by atoms with Gasteiger partial charge in [-0.3, -0.25) is 0 Å². The normalized spacial score (nSPS) is 26.6. The van der Waals surface area contributed by atoms with Gasteiger partial charge in [-0.05, 0) is 34.9 Å². The molecule has 0 spiro atoms. The summed E-state index contributed by atoms with van der Waals surface area (Å²) in [5.41, 5.74) is 2.56. The number of ether oxygens (including phenoxy) is 1. The van der Waals surface area contributed by atoms with Crippen molar-refractivity contribution in [3.05, 3.63) is 81.7 Å². The second-order valence-electron chi connectivity index (χ2n) is 7.38. The number of aliphatic hydroxyl groups is 3. The fraction of sp³-hybridized carbons (Fsp3) is 0.304. The topological polar surface area (TPSA) is 69.9 Å². The Hall–Kier alpha value is -1.80. The van der Waals surface area contributed by atoms with Crippen LogP contribution >= 0.6 is 22.9 Å². The lowest BCUT2D eigenvalue weighted by molar-refractivity contribution is -0.227. The minimum absolute atomic E-state index is 0.571. The summed E-state index contributed by atoms with van der Waals surface area (Å²) in [5, 5.41) is 30.9. The van der Waals surface area contributed by atoms with Crippen molar-refractivity contribution >= 4 is 22.9 Å². The molecule has 2 aromatic carbocycles. The van der Waals surface area contributed by atoms with Gasteiger partial charge >= 0.3 is 0 Å². The molecule has 1 aliphatic heterocycles. The average Bonchev–Trinajstić information content (AvgIpc) is 3.23. The van der Waals surface area contributed by atoms with E-state index in [4.69, 9.17) is 16.3 Å². The van der Waals surface area contributed by atoms with Crippen LogP contribution in [-0.4, -0.2) is 46.4 Å². The lowest BCUT2D eigenvalue weighted by Crippen LogP contribution is -2.54.